The molecule has 1 aliphatic carbocycles. The van der Waals surface area contributed by atoms with E-state index in [0.717, 1.165) is 17.5 Å². The highest BCUT2D eigenvalue weighted by atomic mass is 79.9. The third-order valence-corrected chi connectivity index (χ3v) is 5.37. The largest absolute Gasteiger partial charge is 0.435 e. The fraction of sp³-hybridized carbons (Fsp3) is 0.176. The molecule has 0 radical (unpaired) electrons. The topological polar surface area (TPSA) is 147 Å². The summed E-state index contributed by atoms with van der Waals surface area (Å²) < 4.78 is 7.59. The monoisotopic (exact) mass is 520 g/mol. The van der Waals surface area contributed by atoms with Gasteiger partial charge in [-0.1, -0.05) is 0 Å². The first-order valence-corrected chi connectivity index (χ1v) is 9.86. The van der Waals surface area contributed by atoms with Gasteiger partial charge in [0.2, 0.25) is 11.6 Å². The van der Waals surface area contributed by atoms with E-state index in [9.17, 15) is 14.4 Å². The molecule has 1 aromatic carbocycles. The third-order valence-electron chi connectivity index (χ3n) is 4.19. The molecule has 2 heterocycles. The standard InChI is InChI=1S/C17H10Br2N6O4/c18-10-3-8(25-17(28)21-16(27)12(6-20)24-25)4-11(19)14(10)29-13-5-9(7-1-2-7)15(26)23-22-13/h3-5,7H,1-2H2,(H,23,26)(H,21,27,28). The van der Waals surface area contributed by atoms with E-state index < -0.39 is 16.9 Å². The van der Waals surface area contributed by atoms with E-state index >= 15 is 0 Å². The summed E-state index contributed by atoms with van der Waals surface area (Å²) >= 11 is 6.73. The van der Waals surface area contributed by atoms with Crippen LogP contribution in [0, 0.1) is 11.3 Å². The third kappa shape index (κ3) is 3.79. The van der Waals surface area contributed by atoms with Crippen LogP contribution in [0.5, 0.6) is 11.6 Å². The smallest absolute Gasteiger partial charge is 0.349 e. The molecule has 2 N–H and O–H groups in total. The highest BCUT2D eigenvalue weighted by molar-refractivity contribution is 9.11. The molecule has 0 amide bonds. The molecule has 2 aromatic heterocycles. The van der Waals surface area contributed by atoms with Crippen LogP contribution in [-0.4, -0.2) is 25.0 Å². The van der Waals surface area contributed by atoms with Crippen molar-refractivity contribution in [3.05, 3.63) is 69.6 Å². The number of aromatic amines is 2. The lowest BCUT2D eigenvalue weighted by molar-refractivity contribution is 0.447. The van der Waals surface area contributed by atoms with Gasteiger partial charge in [-0.05, 0) is 62.8 Å². The van der Waals surface area contributed by atoms with E-state index in [1.165, 1.54) is 12.1 Å². The summed E-state index contributed by atoms with van der Waals surface area (Å²) in [5.74, 6) is 0.797. The van der Waals surface area contributed by atoms with Gasteiger partial charge in [-0.3, -0.25) is 14.6 Å². The number of nitrogens with zero attached hydrogens (tertiary/aromatic N) is 4. The molecule has 0 unspecified atom stereocenters. The van der Waals surface area contributed by atoms with Crippen LogP contribution >= 0.6 is 31.9 Å². The molecule has 0 bridgehead atoms. The van der Waals surface area contributed by atoms with Crippen molar-refractivity contribution in [1.82, 2.24) is 25.0 Å². The summed E-state index contributed by atoms with van der Waals surface area (Å²) in [4.78, 5) is 37.5. The van der Waals surface area contributed by atoms with Crippen molar-refractivity contribution in [3.63, 3.8) is 0 Å². The lowest BCUT2D eigenvalue weighted by atomic mass is 10.2. The van der Waals surface area contributed by atoms with Crippen LogP contribution in [0.25, 0.3) is 5.69 Å². The predicted molar refractivity (Wildman–Crippen MR) is 107 cm³/mol. The number of H-pyrrole nitrogens is 2. The lowest BCUT2D eigenvalue weighted by Gasteiger charge is -2.12. The molecule has 1 fully saturated rings. The number of aromatic nitrogens is 5. The van der Waals surface area contributed by atoms with Crippen molar-refractivity contribution in [2.24, 2.45) is 0 Å². The van der Waals surface area contributed by atoms with Crippen LogP contribution < -0.4 is 21.5 Å². The Bertz CT molecular complexity index is 1330. The molecule has 0 saturated heterocycles. The first kappa shape index (κ1) is 19.3. The number of benzene rings is 1. The van der Waals surface area contributed by atoms with Gasteiger partial charge in [0, 0.05) is 11.6 Å². The number of ether oxygens (including phenoxy) is 1. The summed E-state index contributed by atoms with van der Waals surface area (Å²) in [6.45, 7) is 0. The maximum Gasteiger partial charge on any atom is 0.349 e. The SMILES string of the molecule is N#Cc1nn(-c2cc(Br)c(Oc3cc(C4CC4)c(=O)[nH]n3)c(Br)c2)c(=O)[nH]c1=O. The van der Waals surface area contributed by atoms with Gasteiger partial charge in [0.25, 0.3) is 11.1 Å². The lowest BCUT2D eigenvalue weighted by Crippen LogP contribution is -2.33. The molecule has 1 saturated carbocycles. The summed E-state index contributed by atoms with van der Waals surface area (Å²) in [5.41, 5.74) is -1.42. The first-order valence-electron chi connectivity index (χ1n) is 8.28. The molecule has 10 nitrogen and oxygen atoms in total. The Labute approximate surface area is 178 Å². The minimum absolute atomic E-state index is 0.215. The molecule has 146 valence electrons. The fourth-order valence-electron chi connectivity index (χ4n) is 2.67. The Morgan fingerprint density at radius 3 is 2.45 bits per heavy atom. The number of halogens is 2. The van der Waals surface area contributed by atoms with Gasteiger partial charge in [-0.15, -0.1) is 10.2 Å². The summed E-state index contributed by atoms with van der Waals surface area (Å²) in [7, 11) is 0. The van der Waals surface area contributed by atoms with Crippen LogP contribution in [-0.2, 0) is 0 Å². The highest BCUT2D eigenvalue weighted by Gasteiger charge is 2.27. The molecule has 29 heavy (non-hydrogen) atoms. The van der Waals surface area contributed by atoms with Crippen molar-refractivity contribution >= 4 is 31.9 Å². The van der Waals surface area contributed by atoms with Crippen LogP contribution in [0.3, 0.4) is 0 Å². The maximum atomic E-state index is 12.1. The zero-order valence-electron chi connectivity index (χ0n) is 14.4. The molecular weight excluding hydrogens is 512 g/mol. The molecule has 0 aliphatic heterocycles. The van der Waals surface area contributed by atoms with Gasteiger partial charge in [-0.2, -0.15) is 9.94 Å². The van der Waals surface area contributed by atoms with Crippen LogP contribution in [0.15, 0.2) is 41.5 Å². The minimum Gasteiger partial charge on any atom is -0.435 e. The van der Waals surface area contributed by atoms with Gasteiger partial charge in [-0.25, -0.2) is 9.89 Å². The quantitative estimate of drug-likeness (QED) is 0.534. The second-order valence-corrected chi connectivity index (χ2v) is 7.95. The maximum absolute atomic E-state index is 12.1. The van der Waals surface area contributed by atoms with Gasteiger partial charge < -0.3 is 4.74 Å². The number of hydrogen-bond acceptors (Lipinski definition) is 7. The van der Waals surface area contributed by atoms with Crippen LogP contribution in [0.1, 0.15) is 30.0 Å². The predicted octanol–water partition coefficient (Wildman–Crippen LogP) is 2.07. The van der Waals surface area contributed by atoms with E-state index in [4.69, 9.17) is 10.00 Å². The zero-order chi connectivity index (χ0) is 20.7. The summed E-state index contributed by atoms with van der Waals surface area (Å²) in [6.07, 6.45) is 1.92. The van der Waals surface area contributed by atoms with Gasteiger partial charge in [0.1, 0.15) is 6.07 Å². The molecule has 3 aromatic rings. The van der Waals surface area contributed by atoms with Gasteiger partial charge >= 0.3 is 5.69 Å². The summed E-state index contributed by atoms with van der Waals surface area (Å²) in [5, 5.41) is 19.1. The molecule has 1 aliphatic rings. The van der Waals surface area contributed by atoms with E-state index in [1.54, 1.807) is 12.1 Å². The fourth-order valence-corrected chi connectivity index (χ4v) is 3.99. The Balaban J connectivity index is 1.73. The Morgan fingerprint density at radius 2 is 1.83 bits per heavy atom. The van der Waals surface area contributed by atoms with Crippen LogP contribution in [0.4, 0.5) is 0 Å². The van der Waals surface area contributed by atoms with Crippen molar-refractivity contribution in [2.75, 3.05) is 0 Å². The average Bonchev–Trinajstić information content (AvgIpc) is 3.51. The number of hydrogen-bond donors (Lipinski definition) is 2. The van der Waals surface area contributed by atoms with Gasteiger partial charge in [0.05, 0.1) is 14.6 Å². The second-order valence-electron chi connectivity index (χ2n) is 6.24. The molecule has 0 atom stereocenters. The minimum atomic E-state index is -0.859. The van der Waals surface area contributed by atoms with Crippen molar-refractivity contribution in [2.45, 2.75) is 18.8 Å². The first-order chi connectivity index (χ1) is 13.9. The Kier molecular flexibility index (Phi) is 4.93. The second kappa shape index (κ2) is 7.41. The van der Waals surface area contributed by atoms with E-state index in [0.29, 0.717) is 20.3 Å². The normalized spacial score (nSPS) is 13.1. The molecule has 4 rings (SSSR count). The Hall–Kier alpha value is -3.04. The van der Waals surface area contributed by atoms with E-state index in [-0.39, 0.29) is 23.0 Å². The van der Waals surface area contributed by atoms with Crippen molar-refractivity contribution in [1.29, 1.82) is 5.26 Å². The van der Waals surface area contributed by atoms with E-state index in [1.807, 2.05) is 4.98 Å². The average molecular weight is 522 g/mol. The van der Waals surface area contributed by atoms with Crippen molar-refractivity contribution < 1.29 is 4.74 Å². The van der Waals surface area contributed by atoms with Crippen molar-refractivity contribution in [3.8, 4) is 23.4 Å². The number of rotatable bonds is 4. The molecule has 12 heteroatoms. The van der Waals surface area contributed by atoms with Gasteiger partial charge in [0.15, 0.2) is 5.75 Å². The Morgan fingerprint density at radius 1 is 1.14 bits per heavy atom. The van der Waals surface area contributed by atoms with E-state index in [2.05, 4.69) is 47.2 Å². The molecule has 0 spiro atoms. The zero-order valence-corrected chi connectivity index (χ0v) is 17.6. The number of nitriles is 1. The van der Waals surface area contributed by atoms with Crippen LogP contribution in [0.2, 0.25) is 0 Å². The highest BCUT2D eigenvalue weighted by Crippen LogP contribution is 2.41. The molecular formula is C17H10Br2N6O4. The number of nitrogens with one attached hydrogen (secondary N) is 2. The summed E-state index contributed by atoms with van der Waals surface area (Å²) in [6, 6.07) is 6.30.